The van der Waals surface area contributed by atoms with Gasteiger partial charge < -0.3 is 31.3 Å². The Morgan fingerprint density at radius 2 is 1.90 bits per heavy atom. The van der Waals surface area contributed by atoms with Crippen molar-refractivity contribution in [2.24, 2.45) is 5.73 Å². The fraction of sp³-hybridized carbons (Fsp3) is 0.667. The Hall–Kier alpha value is -1.98. The molecule has 0 radical (unpaired) electrons. The van der Waals surface area contributed by atoms with Crippen molar-refractivity contribution in [1.82, 2.24) is 24.4 Å². The van der Waals surface area contributed by atoms with Crippen LogP contribution in [0, 0.1) is 6.92 Å². The molecule has 15 heteroatoms. The number of anilines is 1. The Morgan fingerprint density at radius 3 is 2.50 bits per heavy atom. The average molecular weight is 449 g/mol. The van der Waals surface area contributed by atoms with Crippen LogP contribution in [0.4, 0.5) is 5.82 Å². The van der Waals surface area contributed by atoms with Crippen molar-refractivity contribution in [2.75, 3.05) is 32.4 Å². The highest BCUT2D eigenvalue weighted by Crippen LogP contribution is 2.33. The van der Waals surface area contributed by atoms with E-state index in [1.54, 1.807) is 11.5 Å². The van der Waals surface area contributed by atoms with Crippen LogP contribution in [-0.2, 0) is 15.1 Å². The number of aryl methyl sites for hydroxylation is 1. The van der Waals surface area contributed by atoms with E-state index in [0.717, 1.165) is 13.0 Å². The number of aliphatic hydroxyl groups is 2. The van der Waals surface area contributed by atoms with E-state index >= 15 is 0 Å². The van der Waals surface area contributed by atoms with Gasteiger partial charge in [0.2, 0.25) is 0 Å². The first kappa shape index (κ1) is 24.3. The average Bonchev–Trinajstić information content (AvgIpc) is 3.10. The van der Waals surface area contributed by atoms with E-state index in [2.05, 4.69) is 15.0 Å². The van der Waals surface area contributed by atoms with Crippen molar-refractivity contribution in [2.45, 2.75) is 37.9 Å². The molecule has 3 heterocycles. The summed E-state index contributed by atoms with van der Waals surface area (Å²) in [7, 11) is -2.74. The molecule has 0 aromatic carbocycles. The van der Waals surface area contributed by atoms with Gasteiger partial charge in [-0.2, -0.15) is 8.42 Å². The lowest BCUT2D eigenvalue weighted by Crippen LogP contribution is -2.39. The number of likely N-dealkylation sites (N-methyl/N-ethyl adjacent to an activating group) is 1. The molecule has 2 aromatic rings. The van der Waals surface area contributed by atoms with Crippen molar-refractivity contribution in [3.63, 3.8) is 0 Å². The van der Waals surface area contributed by atoms with E-state index in [9.17, 15) is 10.2 Å². The number of imidazole rings is 1. The number of aliphatic hydroxyl groups excluding tert-OH is 2. The van der Waals surface area contributed by atoms with Gasteiger partial charge in [-0.3, -0.25) is 13.7 Å². The van der Waals surface area contributed by atoms with Crippen LogP contribution >= 0.6 is 0 Å². The fourth-order valence-corrected chi connectivity index (χ4v) is 3.19. The number of fused-ring (bicyclic) bond motifs is 1. The third-order valence-electron chi connectivity index (χ3n) is 4.51. The maximum atomic E-state index is 10.5. The molecule has 0 aliphatic carbocycles. The van der Waals surface area contributed by atoms with Gasteiger partial charge in [-0.1, -0.05) is 0 Å². The molecule has 3 rings (SSSR count). The van der Waals surface area contributed by atoms with Crippen molar-refractivity contribution in [1.29, 1.82) is 0 Å². The standard InChI is InChI=1S/C15H25N7O3.H2O4S/c1-8-20-10-13(17)18-7-19-14(10)22(8)15-12(24)11(23)9(25-15)6-21(2)5-3-4-16;1-5(2,3)4/h7,9,11-12,15,23-24H,3-6,16H2,1-2H3,(H2,17,18,19);(H2,1,2,3,4)/t9-,11?,12?,15-;/m1./s1. The van der Waals surface area contributed by atoms with Crippen LogP contribution in [0.25, 0.3) is 11.2 Å². The lowest BCUT2D eigenvalue weighted by atomic mass is 10.1. The first-order valence-corrected chi connectivity index (χ1v) is 10.4. The molecule has 0 spiro atoms. The van der Waals surface area contributed by atoms with Gasteiger partial charge >= 0.3 is 10.4 Å². The molecule has 8 N–H and O–H groups in total. The van der Waals surface area contributed by atoms with E-state index in [1.807, 2.05) is 11.9 Å². The number of aromatic nitrogens is 4. The van der Waals surface area contributed by atoms with E-state index in [1.165, 1.54) is 6.33 Å². The predicted octanol–water partition coefficient (Wildman–Crippen LogP) is -2.04. The SMILES string of the molecule is Cc1nc2c(N)ncnc2n1[C@@H]1O[C@H](CN(C)CCCN)C(O)C1O.O=S(=O)(O)O. The minimum Gasteiger partial charge on any atom is -0.387 e. The topological polar surface area (TPSA) is 223 Å². The Bertz CT molecular complexity index is 946. The normalized spacial score (nSPS) is 24.3. The second-order valence-electron chi connectivity index (χ2n) is 6.86. The van der Waals surface area contributed by atoms with Gasteiger partial charge in [0.15, 0.2) is 23.2 Å². The Balaban J connectivity index is 0.000000575. The second kappa shape index (κ2) is 9.88. The van der Waals surface area contributed by atoms with Crippen molar-refractivity contribution in [3.05, 3.63) is 12.2 Å². The van der Waals surface area contributed by atoms with E-state index < -0.39 is 34.9 Å². The molecule has 2 unspecified atom stereocenters. The van der Waals surface area contributed by atoms with E-state index in [4.69, 9.17) is 33.7 Å². The van der Waals surface area contributed by atoms with Crippen LogP contribution in [-0.4, -0.2) is 97.1 Å². The molecule has 4 atom stereocenters. The monoisotopic (exact) mass is 449 g/mol. The second-order valence-corrected chi connectivity index (χ2v) is 7.75. The lowest BCUT2D eigenvalue weighted by molar-refractivity contribution is -0.0431. The molecule has 1 aliphatic rings. The highest BCUT2D eigenvalue weighted by Gasteiger charge is 2.45. The summed E-state index contributed by atoms with van der Waals surface area (Å²) in [4.78, 5) is 14.5. The summed E-state index contributed by atoms with van der Waals surface area (Å²) in [5.41, 5.74) is 12.3. The summed E-state index contributed by atoms with van der Waals surface area (Å²) in [6.07, 6.45) is -1.24. The number of nitrogens with two attached hydrogens (primary N) is 2. The van der Waals surface area contributed by atoms with Gasteiger partial charge in [0.05, 0.1) is 0 Å². The summed E-state index contributed by atoms with van der Waals surface area (Å²) >= 11 is 0. The zero-order valence-electron chi connectivity index (χ0n) is 16.5. The Labute approximate surface area is 173 Å². The molecule has 1 aliphatic heterocycles. The third kappa shape index (κ3) is 6.02. The number of hydrogen-bond donors (Lipinski definition) is 6. The zero-order valence-corrected chi connectivity index (χ0v) is 17.3. The minimum absolute atomic E-state index is 0.262. The van der Waals surface area contributed by atoms with E-state index in [-0.39, 0.29) is 5.82 Å². The van der Waals surface area contributed by atoms with Gasteiger partial charge in [-0.15, -0.1) is 0 Å². The molecule has 0 amide bonds. The smallest absolute Gasteiger partial charge is 0.387 e. The molecule has 2 aromatic heterocycles. The minimum atomic E-state index is -4.67. The lowest BCUT2D eigenvalue weighted by Gasteiger charge is -2.22. The van der Waals surface area contributed by atoms with Crippen LogP contribution in [0.2, 0.25) is 0 Å². The summed E-state index contributed by atoms with van der Waals surface area (Å²) in [6, 6.07) is 0. The van der Waals surface area contributed by atoms with Crippen LogP contribution in [0.1, 0.15) is 18.5 Å². The molecule has 0 saturated carbocycles. The zero-order chi connectivity index (χ0) is 22.6. The highest BCUT2D eigenvalue weighted by molar-refractivity contribution is 7.79. The van der Waals surface area contributed by atoms with Crippen molar-refractivity contribution >= 4 is 27.4 Å². The molecule has 14 nitrogen and oxygen atoms in total. The summed E-state index contributed by atoms with van der Waals surface area (Å²) in [5, 5.41) is 20.9. The molecular weight excluding hydrogens is 422 g/mol. The van der Waals surface area contributed by atoms with Crippen LogP contribution in [0.3, 0.4) is 0 Å². The molecule has 1 saturated heterocycles. The van der Waals surface area contributed by atoms with Gasteiger partial charge in [0.1, 0.15) is 30.5 Å². The van der Waals surface area contributed by atoms with Crippen molar-refractivity contribution < 1.29 is 32.5 Å². The van der Waals surface area contributed by atoms with Gasteiger partial charge in [-0.05, 0) is 33.5 Å². The van der Waals surface area contributed by atoms with E-state index in [0.29, 0.717) is 30.1 Å². The largest absolute Gasteiger partial charge is 0.394 e. The van der Waals surface area contributed by atoms with Crippen LogP contribution in [0.5, 0.6) is 0 Å². The van der Waals surface area contributed by atoms with Crippen LogP contribution in [0.15, 0.2) is 6.33 Å². The summed E-state index contributed by atoms with van der Waals surface area (Å²) in [6.45, 7) is 3.65. The number of nitrogens with zero attached hydrogens (tertiary/aromatic N) is 5. The first-order valence-electron chi connectivity index (χ1n) is 8.99. The highest BCUT2D eigenvalue weighted by atomic mass is 32.3. The van der Waals surface area contributed by atoms with Gasteiger partial charge in [-0.25, -0.2) is 15.0 Å². The van der Waals surface area contributed by atoms with Gasteiger partial charge in [0.25, 0.3) is 0 Å². The Kier molecular flexibility index (Phi) is 8.00. The molecule has 170 valence electrons. The molecule has 30 heavy (non-hydrogen) atoms. The molecule has 0 bridgehead atoms. The fourth-order valence-electron chi connectivity index (χ4n) is 3.19. The molecular formula is C15H27N7O7S. The first-order chi connectivity index (χ1) is 13.9. The third-order valence-corrected chi connectivity index (χ3v) is 4.51. The number of ether oxygens (including phenoxy) is 1. The van der Waals surface area contributed by atoms with Crippen molar-refractivity contribution in [3.8, 4) is 0 Å². The van der Waals surface area contributed by atoms with Crippen LogP contribution < -0.4 is 11.5 Å². The summed E-state index contributed by atoms with van der Waals surface area (Å²) < 4.78 is 39.2. The number of nitrogen functional groups attached to an aromatic ring is 1. The summed E-state index contributed by atoms with van der Waals surface area (Å²) in [5.74, 6) is 0.841. The number of rotatable bonds is 6. The quantitative estimate of drug-likeness (QED) is 0.262. The Morgan fingerprint density at radius 1 is 1.27 bits per heavy atom. The number of hydrogen-bond acceptors (Lipinski definition) is 11. The van der Waals surface area contributed by atoms with Gasteiger partial charge in [0, 0.05) is 6.54 Å². The predicted molar refractivity (Wildman–Crippen MR) is 106 cm³/mol. The maximum absolute atomic E-state index is 10.5. The molecule has 1 fully saturated rings. The maximum Gasteiger partial charge on any atom is 0.394 e.